The Labute approximate surface area is 173 Å². The highest BCUT2D eigenvalue weighted by Gasteiger charge is 2.28. The van der Waals surface area contributed by atoms with E-state index in [1.165, 1.54) is 6.42 Å². The summed E-state index contributed by atoms with van der Waals surface area (Å²) in [6, 6.07) is 3.97. The maximum atomic E-state index is 12.3. The first-order chi connectivity index (χ1) is 13.8. The number of nitriles is 1. The van der Waals surface area contributed by atoms with Crippen LogP contribution in [0.5, 0.6) is 0 Å². The number of nitrogens with zero attached hydrogens (tertiary/aromatic N) is 2. The number of amides is 1. The summed E-state index contributed by atoms with van der Waals surface area (Å²) in [5, 5.41) is 12.4. The van der Waals surface area contributed by atoms with Crippen LogP contribution in [-0.2, 0) is 20.9 Å². The molecule has 1 aromatic rings. The number of nitrogens with one attached hydrogen (secondary N) is 1. The first-order valence-electron chi connectivity index (χ1n) is 10.5. The standard InChI is InChI=1S/C23H33N3O3/c1-6-10-26-16(3)11-19(18(26)5)12-20(13-24)23(28)29-14-22(27)25-21-9-7-8-15(2)17(21)4/h11-12,15,17,21H,6-10,14H2,1-5H3,(H,25,27)/b20-12+/t15-,17-,21-/m0/s1. The van der Waals surface area contributed by atoms with Crippen molar-refractivity contribution in [2.24, 2.45) is 11.8 Å². The predicted octanol–water partition coefficient (Wildman–Crippen LogP) is 3.91. The summed E-state index contributed by atoms with van der Waals surface area (Å²) in [5.74, 6) is -0.122. The van der Waals surface area contributed by atoms with Crippen molar-refractivity contribution in [3.63, 3.8) is 0 Å². The van der Waals surface area contributed by atoms with E-state index in [0.29, 0.717) is 11.8 Å². The van der Waals surface area contributed by atoms with E-state index in [1.807, 2.05) is 26.0 Å². The summed E-state index contributed by atoms with van der Waals surface area (Å²) >= 11 is 0. The number of hydrogen-bond donors (Lipinski definition) is 1. The summed E-state index contributed by atoms with van der Waals surface area (Å²) in [7, 11) is 0. The van der Waals surface area contributed by atoms with Gasteiger partial charge in [-0.3, -0.25) is 4.79 Å². The summed E-state index contributed by atoms with van der Waals surface area (Å²) in [4.78, 5) is 24.5. The molecule has 158 valence electrons. The van der Waals surface area contributed by atoms with Crippen LogP contribution in [0.4, 0.5) is 0 Å². The van der Waals surface area contributed by atoms with Crippen LogP contribution in [0.2, 0.25) is 0 Å². The second-order valence-corrected chi connectivity index (χ2v) is 8.17. The van der Waals surface area contributed by atoms with E-state index in [0.717, 1.165) is 42.8 Å². The molecule has 0 aromatic carbocycles. The lowest BCUT2D eigenvalue weighted by atomic mass is 9.78. The maximum absolute atomic E-state index is 12.3. The van der Waals surface area contributed by atoms with Crippen LogP contribution in [0.1, 0.15) is 63.4 Å². The highest BCUT2D eigenvalue weighted by Crippen LogP contribution is 2.29. The Kier molecular flexibility index (Phi) is 8.07. The van der Waals surface area contributed by atoms with Crippen molar-refractivity contribution in [2.75, 3.05) is 6.61 Å². The van der Waals surface area contributed by atoms with Gasteiger partial charge in [0.1, 0.15) is 11.6 Å². The number of rotatable bonds is 7. The number of aromatic nitrogens is 1. The highest BCUT2D eigenvalue weighted by molar-refractivity contribution is 5.99. The van der Waals surface area contributed by atoms with Gasteiger partial charge in [0.2, 0.25) is 0 Å². The van der Waals surface area contributed by atoms with Gasteiger partial charge in [0, 0.05) is 24.0 Å². The fourth-order valence-electron chi connectivity index (χ4n) is 4.08. The number of ether oxygens (including phenoxy) is 1. The van der Waals surface area contributed by atoms with Gasteiger partial charge in [0.15, 0.2) is 6.61 Å². The van der Waals surface area contributed by atoms with Gasteiger partial charge in [-0.2, -0.15) is 5.26 Å². The van der Waals surface area contributed by atoms with Crippen molar-refractivity contribution in [1.29, 1.82) is 5.26 Å². The third kappa shape index (κ3) is 5.72. The van der Waals surface area contributed by atoms with Gasteiger partial charge < -0.3 is 14.6 Å². The summed E-state index contributed by atoms with van der Waals surface area (Å²) in [6.07, 6.45) is 5.76. The molecule has 2 rings (SSSR count). The average molecular weight is 400 g/mol. The first kappa shape index (κ1) is 22.7. The van der Waals surface area contributed by atoms with Gasteiger partial charge in [-0.25, -0.2) is 4.79 Å². The Morgan fingerprint density at radius 2 is 2.07 bits per heavy atom. The lowest BCUT2D eigenvalue weighted by Crippen LogP contribution is -2.45. The van der Waals surface area contributed by atoms with Gasteiger partial charge in [-0.15, -0.1) is 0 Å². The minimum absolute atomic E-state index is 0.103. The minimum Gasteiger partial charge on any atom is -0.451 e. The maximum Gasteiger partial charge on any atom is 0.349 e. The fourth-order valence-corrected chi connectivity index (χ4v) is 4.08. The predicted molar refractivity (Wildman–Crippen MR) is 113 cm³/mol. The summed E-state index contributed by atoms with van der Waals surface area (Å²) in [5.41, 5.74) is 2.80. The molecular weight excluding hydrogens is 366 g/mol. The molecule has 3 atom stereocenters. The zero-order valence-corrected chi connectivity index (χ0v) is 18.2. The Morgan fingerprint density at radius 1 is 1.34 bits per heavy atom. The molecule has 1 amide bonds. The van der Waals surface area contributed by atoms with Crippen molar-refractivity contribution in [2.45, 2.75) is 72.9 Å². The second kappa shape index (κ2) is 10.3. The normalized spacial score (nSPS) is 22.1. The number of aryl methyl sites for hydroxylation is 1. The van der Waals surface area contributed by atoms with E-state index in [2.05, 4.69) is 30.7 Å². The van der Waals surface area contributed by atoms with Crippen LogP contribution < -0.4 is 5.32 Å². The monoisotopic (exact) mass is 399 g/mol. The Bertz CT molecular complexity index is 816. The van der Waals surface area contributed by atoms with Gasteiger partial charge in [0.25, 0.3) is 5.91 Å². The van der Waals surface area contributed by atoms with Gasteiger partial charge in [-0.1, -0.05) is 33.6 Å². The first-order valence-corrected chi connectivity index (χ1v) is 10.5. The molecule has 1 aliphatic rings. The topological polar surface area (TPSA) is 84.1 Å². The molecule has 1 aromatic heterocycles. The van der Waals surface area contributed by atoms with Crippen LogP contribution in [0.25, 0.3) is 6.08 Å². The molecule has 1 aliphatic carbocycles. The largest absolute Gasteiger partial charge is 0.451 e. The smallest absolute Gasteiger partial charge is 0.349 e. The molecule has 0 radical (unpaired) electrons. The summed E-state index contributed by atoms with van der Waals surface area (Å²) in [6.45, 7) is 10.9. The SMILES string of the molecule is CCCn1c(C)cc(/C=C(\C#N)C(=O)OCC(=O)N[C@H]2CCC[C@H](C)[C@@H]2C)c1C. The zero-order chi connectivity index (χ0) is 21.6. The molecule has 0 aliphatic heterocycles. The molecular formula is C23H33N3O3. The number of hydrogen-bond acceptors (Lipinski definition) is 4. The van der Waals surface area contributed by atoms with Crippen LogP contribution in [-0.4, -0.2) is 29.1 Å². The van der Waals surface area contributed by atoms with Gasteiger partial charge >= 0.3 is 5.97 Å². The van der Waals surface area contributed by atoms with Crippen molar-refractivity contribution in [1.82, 2.24) is 9.88 Å². The van der Waals surface area contributed by atoms with E-state index in [4.69, 9.17) is 4.74 Å². The number of carbonyl (C=O) groups is 2. The molecule has 29 heavy (non-hydrogen) atoms. The highest BCUT2D eigenvalue weighted by atomic mass is 16.5. The van der Waals surface area contributed by atoms with E-state index >= 15 is 0 Å². The van der Waals surface area contributed by atoms with Crippen molar-refractivity contribution < 1.29 is 14.3 Å². The van der Waals surface area contributed by atoms with Crippen molar-refractivity contribution in [3.05, 3.63) is 28.6 Å². The van der Waals surface area contributed by atoms with Crippen molar-refractivity contribution >= 4 is 18.0 Å². The van der Waals surface area contributed by atoms with Crippen molar-refractivity contribution in [3.8, 4) is 6.07 Å². The molecule has 0 unspecified atom stereocenters. The fraction of sp³-hybridized carbons (Fsp3) is 0.609. The lowest BCUT2D eigenvalue weighted by Gasteiger charge is -2.34. The molecule has 1 fully saturated rings. The quantitative estimate of drug-likeness (QED) is 0.428. The van der Waals surface area contributed by atoms with Gasteiger partial charge in [0.05, 0.1) is 0 Å². The molecule has 0 spiro atoms. The Balaban J connectivity index is 1.98. The van der Waals surface area contributed by atoms with Crippen LogP contribution in [0.15, 0.2) is 11.6 Å². The summed E-state index contributed by atoms with van der Waals surface area (Å²) < 4.78 is 7.27. The Hall–Kier alpha value is -2.55. The van der Waals surface area contributed by atoms with Crippen LogP contribution in [0.3, 0.4) is 0 Å². The van der Waals surface area contributed by atoms with Gasteiger partial charge in [-0.05, 0) is 56.2 Å². The third-order valence-electron chi connectivity index (χ3n) is 6.09. The number of carbonyl (C=O) groups excluding carboxylic acids is 2. The molecule has 6 nitrogen and oxygen atoms in total. The average Bonchev–Trinajstić information content (AvgIpc) is 2.95. The zero-order valence-electron chi connectivity index (χ0n) is 18.2. The molecule has 0 bridgehead atoms. The molecule has 1 N–H and O–H groups in total. The van der Waals surface area contributed by atoms with Crippen LogP contribution in [0, 0.1) is 37.0 Å². The van der Waals surface area contributed by atoms with E-state index in [1.54, 1.807) is 6.08 Å². The number of esters is 1. The molecule has 1 saturated carbocycles. The molecule has 1 heterocycles. The second-order valence-electron chi connectivity index (χ2n) is 8.17. The minimum atomic E-state index is -0.770. The van der Waals surface area contributed by atoms with E-state index in [-0.39, 0.29) is 24.1 Å². The third-order valence-corrected chi connectivity index (χ3v) is 6.09. The Morgan fingerprint density at radius 3 is 2.72 bits per heavy atom. The van der Waals surface area contributed by atoms with E-state index in [9.17, 15) is 14.9 Å². The molecule has 6 heteroatoms. The van der Waals surface area contributed by atoms with Crippen LogP contribution >= 0.6 is 0 Å². The van der Waals surface area contributed by atoms with E-state index < -0.39 is 5.97 Å². The lowest BCUT2D eigenvalue weighted by molar-refractivity contribution is -0.144. The molecule has 0 saturated heterocycles.